The van der Waals surface area contributed by atoms with Gasteiger partial charge in [0.1, 0.15) is 10.6 Å². The fourth-order valence-corrected chi connectivity index (χ4v) is 5.19. The molecular weight excluding hydrogens is 432 g/mol. The number of fused-ring (bicyclic) bond motifs is 1. The first-order chi connectivity index (χ1) is 15.3. The van der Waals surface area contributed by atoms with Gasteiger partial charge < -0.3 is 19.1 Å². The molecule has 172 valence electrons. The average molecular weight is 461 g/mol. The van der Waals surface area contributed by atoms with Crippen molar-refractivity contribution in [3.63, 3.8) is 0 Å². The Labute approximate surface area is 188 Å². The van der Waals surface area contributed by atoms with Crippen LogP contribution in [-0.2, 0) is 10.0 Å². The lowest BCUT2D eigenvalue weighted by Gasteiger charge is -2.26. The van der Waals surface area contributed by atoms with Gasteiger partial charge in [-0.3, -0.25) is 4.79 Å². The molecule has 0 aromatic heterocycles. The molecule has 2 aliphatic heterocycles. The third kappa shape index (κ3) is 4.14. The molecular formula is C23H28N2O6S. The molecule has 0 bridgehead atoms. The van der Waals surface area contributed by atoms with Gasteiger partial charge in [0.2, 0.25) is 10.0 Å². The van der Waals surface area contributed by atoms with Crippen molar-refractivity contribution in [3.8, 4) is 17.2 Å². The monoisotopic (exact) mass is 460 g/mol. The van der Waals surface area contributed by atoms with Crippen LogP contribution in [0.3, 0.4) is 0 Å². The molecule has 0 saturated carbocycles. The molecule has 8 nitrogen and oxygen atoms in total. The molecule has 1 saturated heterocycles. The second-order valence-electron chi connectivity index (χ2n) is 8.07. The van der Waals surface area contributed by atoms with Gasteiger partial charge in [-0.1, -0.05) is 6.07 Å². The molecule has 1 atom stereocenters. The lowest BCUT2D eigenvalue weighted by atomic mass is 10.0. The van der Waals surface area contributed by atoms with E-state index in [0.717, 1.165) is 34.9 Å². The second-order valence-corrected chi connectivity index (χ2v) is 10.2. The number of carbonyl (C=O) groups is 1. The number of hydrogen-bond donors (Lipinski definition) is 0. The molecule has 0 radical (unpaired) electrons. The van der Waals surface area contributed by atoms with E-state index in [-0.39, 0.29) is 22.6 Å². The Morgan fingerprint density at radius 1 is 1.06 bits per heavy atom. The minimum atomic E-state index is -3.77. The van der Waals surface area contributed by atoms with Gasteiger partial charge in [-0.2, -0.15) is 0 Å². The van der Waals surface area contributed by atoms with Crippen LogP contribution in [0.5, 0.6) is 17.2 Å². The standard InChI is InChI=1S/C23H28N2O6S/c1-24(2)32(27,28)22-15-17(8-10-20(22)29-3)23(26)25-11-4-6-18(25)16-7-9-19-21(14-16)31-13-5-12-30-19/h7-10,14-15,18H,4-6,11-13H2,1-3H3/t18-/m0/s1. The van der Waals surface area contributed by atoms with Crippen LogP contribution >= 0.6 is 0 Å². The molecule has 1 fully saturated rings. The highest BCUT2D eigenvalue weighted by Crippen LogP contribution is 2.39. The molecule has 1 amide bonds. The Morgan fingerprint density at radius 2 is 1.81 bits per heavy atom. The van der Waals surface area contributed by atoms with Crippen LogP contribution in [0.4, 0.5) is 0 Å². The fourth-order valence-electron chi connectivity index (χ4n) is 4.12. The quantitative estimate of drug-likeness (QED) is 0.682. The van der Waals surface area contributed by atoms with E-state index < -0.39 is 10.0 Å². The van der Waals surface area contributed by atoms with Crippen molar-refractivity contribution in [1.29, 1.82) is 0 Å². The summed E-state index contributed by atoms with van der Waals surface area (Å²) in [6.07, 6.45) is 2.52. The number of methoxy groups -OCH3 is 1. The maximum atomic E-state index is 13.4. The summed E-state index contributed by atoms with van der Waals surface area (Å²) >= 11 is 0. The molecule has 0 unspecified atom stereocenters. The third-order valence-electron chi connectivity index (χ3n) is 5.84. The number of rotatable bonds is 5. The average Bonchev–Trinajstić information content (AvgIpc) is 3.16. The summed E-state index contributed by atoms with van der Waals surface area (Å²) in [5, 5.41) is 0. The normalized spacial score (nSPS) is 18.5. The summed E-state index contributed by atoms with van der Waals surface area (Å²) in [4.78, 5) is 15.2. The Kier molecular flexibility index (Phi) is 6.30. The van der Waals surface area contributed by atoms with Crippen molar-refractivity contribution in [1.82, 2.24) is 9.21 Å². The highest BCUT2D eigenvalue weighted by molar-refractivity contribution is 7.89. The number of amides is 1. The van der Waals surface area contributed by atoms with E-state index in [2.05, 4.69) is 0 Å². The van der Waals surface area contributed by atoms with Gasteiger partial charge in [-0.25, -0.2) is 12.7 Å². The number of nitrogens with zero attached hydrogens (tertiary/aromatic N) is 2. The summed E-state index contributed by atoms with van der Waals surface area (Å²) in [5.41, 5.74) is 1.29. The van der Waals surface area contributed by atoms with Gasteiger partial charge >= 0.3 is 0 Å². The zero-order valence-electron chi connectivity index (χ0n) is 18.5. The zero-order valence-corrected chi connectivity index (χ0v) is 19.4. The van der Waals surface area contributed by atoms with Crippen molar-refractivity contribution in [3.05, 3.63) is 47.5 Å². The SMILES string of the molecule is COc1ccc(C(=O)N2CCC[C@H]2c2ccc3c(c2)OCCCO3)cc1S(=O)(=O)N(C)C. The van der Waals surface area contributed by atoms with E-state index in [1.54, 1.807) is 11.0 Å². The zero-order chi connectivity index (χ0) is 22.9. The van der Waals surface area contributed by atoms with Crippen molar-refractivity contribution in [2.75, 3.05) is 41.0 Å². The van der Waals surface area contributed by atoms with Crippen molar-refractivity contribution in [2.45, 2.75) is 30.2 Å². The molecule has 2 aliphatic rings. The number of ether oxygens (including phenoxy) is 3. The molecule has 4 rings (SSSR count). The lowest BCUT2D eigenvalue weighted by Crippen LogP contribution is -2.31. The molecule has 9 heteroatoms. The molecule has 0 spiro atoms. The predicted octanol–water partition coefficient (Wildman–Crippen LogP) is 3.08. The van der Waals surface area contributed by atoms with Crippen molar-refractivity contribution >= 4 is 15.9 Å². The van der Waals surface area contributed by atoms with Gasteiger partial charge in [-0.05, 0) is 48.7 Å². The number of likely N-dealkylation sites (tertiary alicyclic amines) is 1. The minimum Gasteiger partial charge on any atom is -0.495 e. The van der Waals surface area contributed by atoms with Crippen molar-refractivity contribution in [2.24, 2.45) is 0 Å². The topological polar surface area (TPSA) is 85.4 Å². The molecule has 32 heavy (non-hydrogen) atoms. The summed E-state index contributed by atoms with van der Waals surface area (Å²) in [6.45, 7) is 1.81. The van der Waals surface area contributed by atoms with E-state index in [1.807, 2.05) is 18.2 Å². The van der Waals surface area contributed by atoms with Crippen LogP contribution in [0.15, 0.2) is 41.3 Å². The first kappa shape index (κ1) is 22.4. The van der Waals surface area contributed by atoms with Gasteiger partial charge in [-0.15, -0.1) is 0 Å². The van der Waals surface area contributed by atoms with Gasteiger partial charge in [0.05, 0.1) is 26.4 Å². The number of carbonyl (C=O) groups excluding carboxylic acids is 1. The maximum absolute atomic E-state index is 13.4. The first-order valence-corrected chi connectivity index (χ1v) is 12.1. The first-order valence-electron chi connectivity index (χ1n) is 10.6. The lowest BCUT2D eigenvalue weighted by molar-refractivity contribution is 0.0735. The Balaban J connectivity index is 1.65. The van der Waals surface area contributed by atoms with E-state index in [9.17, 15) is 13.2 Å². The van der Waals surface area contributed by atoms with Gasteiger partial charge in [0.25, 0.3) is 5.91 Å². The van der Waals surface area contributed by atoms with Crippen LogP contribution in [0, 0.1) is 0 Å². The summed E-state index contributed by atoms with van der Waals surface area (Å²) in [5.74, 6) is 1.41. The number of benzene rings is 2. The Bertz CT molecular complexity index is 1120. The molecule has 0 N–H and O–H groups in total. The van der Waals surface area contributed by atoms with Gasteiger partial charge in [0.15, 0.2) is 11.5 Å². The maximum Gasteiger partial charge on any atom is 0.254 e. The van der Waals surface area contributed by atoms with Gasteiger partial charge in [0, 0.05) is 32.6 Å². The Morgan fingerprint density at radius 3 is 2.53 bits per heavy atom. The largest absolute Gasteiger partial charge is 0.495 e. The van der Waals surface area contributed by atoms with E-state index >= 15 is 0 Å². The molecule has 2 aromatic carbocycles. The molecule has 0 aliphatic carbocycles. The van der Waals surface area contributed by atoms with Crippen LogP contribution in [0.1, 0.15) is 41.2 Å². The fraction of sp³-hybridized carbons (Fsp3) is 0.435. The van der Waals surface area contributed by atoms with E-state index in [1.165, 1.54) is 33.3 Å². The number of hydrogen-bond acceptors (Lipinski definition) is 6. The summed E-state index contributed by atoms with van der Waals surface area (Å²) in [7, 11) is 0.534. The second kappa shape index (κ2) is 8.99. The highest BCUT2D eigenvalue weighted by Gasteiger charge is 2.33. The Hall–Kier alpha value is -2.78. The van der Waals surface area contributed by atoms with Crippen molar-refractivity contribution < 1.29 is 27.4 Å². The van der Waals surface area contributed by atoms with Crippen LogP contribution in [-0.4, -0.2) is 64.5 Å². The highest BCUT2D eigenvalue weighted by atomic mass is 32.2. The smallest absolute Gasteiger partial charge is 0.254 e. The van der Waals surface area contributed by atoms with E-state index in [0.29, 0.717) is 31.1 Å². The summed E-state index contributed by atoms with van der Waals surface area (Å²) in [6, 6.07) is 10.2. The predicted molar refractivity (Wildman–Crippen MR) is 119 cm³/mol. The molecule has 2 aromatic rings. The third-order valence-corrected chi connectivity index (χ3v) is 7.68. The number of sulfonamides is 1. The van der Waals surface area contributed by atoms with Crippen LogP contribution < -0.4 is 14.2 Å². The van der Waals surface area contributed by atoms with Crippen LogP contribution in [0.2, 0.25) is 0 Å². The molecule has 2 heterocycles. The minimum absolute atomic E-state index is 0.0258. The van der Waals surface area contributed by atoms with Crippen LogP contribution in [0.25, 0.3) is 0 Å². The summed E-state index contributed by atoms with van der Waals surface area (Å²) < 4.78 is 43.4. The van der Waals surface area contributed by atoms with E-state index in [4.69, 9.17) is 14.2 Å².